The summed E-state index contributed by atoms with van der Waals surface area (Å²) in [7, 11) is 0. The Labute approximate surface area is 107 Å². The van der Waals surface area contributed by atoms with E-state index in [1.807, 2.05) is 20.8 Å². The van der Waals surface area contributed by atoms with Gasteiger partial charge in [-0.25, -0.2) is 8.78 Å². The van der Waals surface area contributed by atoms with Gasteiger partial charge >= 0.3 is 0 Å². The van der Waals surface area contributed by atoms with Crippen LogP contribution in [0.25, 0.3) is 0 Å². The number of ether oxygens (including phenoxy) is 1. The van der Waals surface area contributed by atoms with Crippen LogP contribution in [-0.4, -0.2) is 17.1 Å². The topological polar surface area (TPSA) is 29.5 Å². The van der Waals surface area contributed by atoms with E-state index in [-0.39, 0.29) is 5.60 Å². The summed E-state index contributed by atoms with van der Waals surface area (Å²) >= 11 is 0. The molecule has 0 heterocycles. The number of hydrogen-bond donors (Lipinski definition) is 1. The van der Waals surface area contributed by atoms with E-state index < -0.39 is 18.4 Å². The van der Waals surface area contributed by atoms with Crippen LogP contribution in [0.5, 0.6) is 5.75 Å². The lowest BCUT2D eigenvalue weighted by Crippen LogP contribution is -2.23. The lowest BCUT2D eigenvalue weighted by Gasteiger charge is -2.22. The third-order valence-corrected chi connectivity index (χ3v) is 2.54. The highest BCUT2D eigenvalue weighted by molar-refractivity contribution is 5.29. The molecule has 0 amide bonds. The summed E-state index contributed by atoms with van der Waals surface area (Å²) in [5.74, 6) is -0.428. The molecule has 18 heavy (non-hydrogen) atoms. The fourth-order valence-electron chi connectivity index (χ4n) is 1.53. The maximum Gasteiger partial charge on any atom is 0.243 e. The number of aliphatic hydroxyl groups excluding tert-OH is 1. The first-order chi connectivity index (χ1) is 8.20. The van der Waals surface area contributed by atoms with Crippen molar-refractivity contribution in [1.29, 1.82) is 0 Å². The zero-order valence-corrected chi connectivity index (χ0v) is 11.2. The first kappa shape index (κ1) is 14.9. The standard InChI is InChI=1S/C14H20F2O2/c1-9(13(15)16)12(17)10-5-7-11(8-6-10)18-14(2,3)4/h5-9,12-13,17H,1-4H3. The molecule has 0 saturated carbocycles. The van der Waals surface area contributed by atoms with Crippen LogP contribution in [0.1, 0.15) is 39.4 Å². The highest BCUT2D eigenvalue weighted by Gasteiger charge is 2.24. The second-order valence-corrected chi connectivity index (χ2v) is 5.42. The largest absolute Gasteiger partial charge is 0.488 e. The number of benzene rings is 1. The summed E-state index contributed by atoms with van der Waals surface area (Å²) in [6.45, 7) is 7.10. The van der Waals surface area contributed by atoms with Crippen LogP contribution in [0.4, 0.5) is 8.78 Å². The van der Waals surface area contributed by atoms with Crippen molar-refractivity contribution < 1.29 is 18.6 Å². The second-order valence-electron chi connectivity index (χ2n) is 5.42. The Balaban J connectivity index is 2.77. The van der Waals surface area contributed by atoms with Gasteiger partial charge in [-0.3, -0.25) is 0 Å². The zero-order chi connectivity index (χ0) is 13.9. The van der Waals surface area contributed by atoms with E-state index in [0.717, 1.165) is 0 Å². The van der Waals surface area contributed by atoms with Gasteiger partial charge in [-0.2, -0.15) is 0 Å². The van der Waals surface area contributed by atoms with Crippen LogP contribution in [-0.2, 0) is 0 Å². The van der Waals surface area contributed by atoms with Gasteiger partial charge in [0.25, 0.3) is 0 Å². The van der Waals surface area contributed by atoms with Gasteiger partial charge < -0.3 is 9.84 Å². The number of rotatable bonds is 4. The third kappa shape index (κ3) is 4.26. The van der Waals surface area contributed by atoms with Crippen molar-refractivity contribution in [3.05, 3.63) is 29.8 Å². The number of aliphatic hydroxyl groups is 1. The molecule has 0 fully saturated rings. The summed E-state index contributed by atoms with van der Waals surface area (Å²) in [6.07, 6.45) is -3.70. The normalized spacial score (nSPS) is 15.6. The Kier molecular flexibility index (Phi) is 4.68. The molecule has 0 aliphatic rings. The molecule has 0 spiro atoms. The molecule has 0 aliphatic carbocycles. The molecule has 4 heteroatoms. The average Bonchev–Trinajstić information content (AvgIpc) is 2.26. The summed E-state index contributed by atoms with van der Waals surface area (Å²) in [5, 5.41) is 9.76. The van der Waals surface area contributed by atoms with Crippen LogP contribution in [0.15, 0.2) is 24.3 Å². The van der Waals surface area contributed by atoms with Gasteiger partial charge in [-0.15, -0.1) is 0 Å². The van der Waals surface area contributed by atoms with E-state index in [4.69, 9.17) is 4.74 Å². The second kappa shape index (κ2) is 5.65. The fraction of sp³-hybridized carbons (Fsp3) is 0.571. The van der Waals surface area contributed by atoms with Gasteiger partial charge in [0.1, 0.15) is 11.4 Å². The van der Waals surface area contributed by atoms with Crippen molar-refractivity contribution in [3.63, 3.8) is 0 Å². The molecule has 1 N–H and O–H groups in total. The monoisotopic (exact) mass is 258 g/mol. The first-order valence-corrected chi connectivity index (χ1v) is 5.96. The minimum Gasteiger partial charge on any atom is -0.488 e. The van der Waals surface area contributed by atoms with Gasteiger partial charge in [-0.1, -0.05) is 19.1 Å². The first-order valence-electron chi connectivity index (χ1n) is 5.96. The fourth-order valence-corrected chi connectivity index (χ4v) is 1.53. The van der Waals surface area contributed by atoms with E-state index in [9.17, 15) is 13.9 Å². The number of alkyl halides is 2. The highest BCUT2D eigenvalue weighted by atomic mass is 19.3. The molecule has 0 aromatic heterocycles. The summed E-state index contributed by atoms with van der Waals surface area (Å²) in [6, 6.07) is 6.60. The van der Waals surface area contributed by atoms with E-state index >= 15 is 0 Å². The molecular weight excluding hydrogens is 238 g/mol. The maximum atomic E-state index is 12.5. The molecule has 0 saturated heterocycles. The maximum absolute atomic E-state index is 12.5. The van der Waals surface area contributed by atoms with E-state index in [1.165, 1.54) is 6.92 Å². The summed E-state index contributed by atoms with van der Waals surface area (Å²) in [5.41, 5.74) is 0.167. The SMILES string of the molecule is CC(C(F)F)C(O)c1ccc(OC(C)(C)C)cc1. The summed E-state index contributed by atoms with van der Waals surface area (Å²) in [4.78, 5) is 0. The van der Waals surface area contributed by atoms with Crippen molar-refractivity contribution >= 4 is 0 Å². The van der Waals surface area contributed by atoms with Crippen LogP contribution in [0.2, 0.25) is 0 Å². The Hall–Kier alpha value is -1.16. The zero-order valence-electron chi connectivity index (χ0n) is 11.2. The predicted octanol–water partition coefficient (Wildman–Crippen LogP) is 3.80. The van der Waals surface area contributed by atoms with Gasteiger partial charge in [0.2, 0.25) is 6.43 Å². The number of halogens is 2. The van der Waals surface area contributed by atoms with Crippen molar-refractivity contribution in [2.45, 2.75) is 45.8 Å². The van der Waals surface area contributed by atoms with E-state index in [1.54, 1.807) is 24.3 Å². The van der Waals surface area contributed by atoms with Gasteiger partial charge in [0.05, 0.1) is 6.10 Å². The Morgan fingerprint density at radius 1 is 1.11 bits per heavy atom. The number of hydrogen-bond acceptors (Lipinski definition) is 2. The molecule has 1 rings (SSSR count). The molecule has 2 nitrogen and oxygen atoms in total. The van der Waals surface area contributed by atoms with Crippen molar-refractivity contribution in [1.82, 2.24) is 0 Å². The molecular formula is C14H20F2O2. The molecule has 1 aromatic rings. The predicted molar refractivity (Wildman–Crippen MR) is 67.0 cm³/mol. The van der Waals surface area contributed by atoms with Crippen LogP contribution >= 0.6 is 0 Å². The van der Waals surface area contributed by atoms with Crippen LogP contribution in [0, 0.1) is 5.92 Å². The van der Waals surface area contributed by atoms with Crippen LogP contribution in [0.3, 0.4) is 0 Å². The molecule has 1 aromatic carbocycles. The Bertz CT molecular complexity index is 368. The molecule has 0 radical (unpaired) electrons. The van der Waals surface area contributed by atoms with Crippen molar-refractivity contribution in [3.8, 4) is 5.75 Å². The molecule has 102 valence electrons. The molecule has 0 bridgehead atoms. The molecule has 2 unspecified atom stereocenters. The van der Waals surface area contributed by atoms with Gasteiger partial charge in [0, 0.05) is 5.92 Å². The molecule has 0 aliphatic heterocycles. The quantitative estimate of drug-likeness (QED) is 0.890. The third-order valence-electron chi connectivity index (χ3n) is 2.54. The lowest BCUT2D eigenvalue weighted by atomic mass is 9.98. The highest BCUT2D eigenvalue weighted by Crippen LogP contribution is 2.28. The van der Waals surface area contributed by atoms with Crippen molar-refractivity contribution in [2.75, 3.05) is 0 Å². The van der Waals surface area contributed by atoms with Crippen molar-refractivity contribution in [2.24, 2.45) is 5.92 Å². The Morgan fingerprint density at radius 2 is 1.61 bits per heavy atom. The minimum absolute atomic E-state index is 0.309. The Morgan fingerprint density at radius 3 is 2.00 bits per heavy atom. The average molecular weight is 258 g/mol. The van der Waals surface area contributed by atoms with Gasteiger partial charge in [0.15, 0.2) is 0 Å². The van der Waals surface area contributed by atoms with Crippen LogP contribution < -0.4 is 4.74 Å². The lowest BCUT2D eigenvalue weighted by molar-refractivity contribution is 0.000606. The smallest absolute Gasteiger partial charge is 0.243 e. The summed E-state index contributed by atoms with van der Waals surface area (Å²) < 4.78 is 30.6. The molecule has 2 atom stereocenters. The van der Waals surface area contributed by atoms with E-state index in [2.05, 4.69) is 0 Å². The van der Waals surface area contributed by atoms with E-state index in [0.29, 0.717) is 11.3 Å². The van der Waals surface area contributed by atoms with Gasteiger partial charge in [-0.05, 0) is 38.5 Å². The minimum atomic E-state index is -2.54.